The average Bonchev–Trinajstić information content (AvgIpc) is 3.44. The van der Waals surface area contributed by atoms with E-state index in [0.717, 1.165) is 22.3 Å². The third-order valence-electron chi connectivity index (χ3n) is 10.1. The van der Waals surface area contributed by atoms with Gasteiger partial charge in [-0.1, -0.05) is 115 Å². The van der Waals surface area contributed by atoms with Crippen LogP contribution in [0.3, 0.4) is 0 Å². The van der Waals surface area contributed by atoms with Gasteiger partial charge in [-0.3, -0.25) is 0 Å². The van der Waals surface area contributed by atoms with Crippen molar-refractivity contribution in [1.82, 2.24) is 0 Å². The van der Waals surface area contributed by atoms with Crippen molar-refractivity contribution >= 4 is 21.9 Å². The van der Waals surface area contributed by atoms with Crippen LogP contribution >= 0.6 is 0 Å². The zero-order valence-electron chi connectivity index (χ0n) is 22.4. The summed E-state index contributed by atoms with van der Waals surface area (Å²) in [6.45, 7) is 0. The van der Waals surface area contributed by atoms with E-state index < -0.39 is 10.8 Å². The topological polar surface area (TPSA) is 22.4 Å². The molecule has 192 valence electrons. The lowest BCUT2D eigenvalue weighted by molar-refractivity contribution is 0.405. The fraction of sp³-hybridized carbons (Fsp3) is 0.0769. The van der Waals surface area contributed by atoms with E-state index in [1.807, 2.05) is 0 Å². The van der Waals surface area contributed by atoms with Gasteiger partial charge in [-0.2, -0.15) is 0 Å². The third-order valence-corrected chi connectivity index (χ3v) is 10.1. The molecule has 7 aromatic rings. The van der Waals surface area contributed by atoms with Crippen molar-refractivity contribution < 1.29 is 9.15 Å². The monoisotopic (exact) mass is 524 g/mol. The fourth-order valence-corrected chi connectivity index (χ4v) is 8.95. The lowest BCUT2D eigenvalue weighted by atomic mass is 9.39. The molecule has 0 radical (unpaired) electrons. The molecule has 10 rings (SSSR count). The van der Waals surface area contributed by atoms with Crippen molar-refractivity contribution in [1.29, 1.82) is 0 Å². The Morgan fingerprint density at radius 1 is 0.439 bits per heavy atom. The van der Waals surface area contributed by atoms with E-state index in [1.54, 1.807) is 7.11 Å². The quantitative estimate of drug-likeness (QED) is 0.214. The first-order valence-corrected chi connectivity index (χ1v) is 14.2. The van der Waals surface area contributed by atoms with Crippen molar-refractivity contribution in [2.24, 2.45) is 0 Å². The van der Waals surface area contributed by atoms with Gasteiger partial charge < -0.3 is 9.15 Å². The zero-order chi connectivity index (χ0) is 26.9. The zero-order valence-corrected chi connectivity index (χ0v) is 22.4. The smallest absolute Gasteiger partial charge is 0.177 e. The third kappa shape index (κ3) is 2.14. The van der Waals surface area contributed by atoms with E-state index in [-0.39, 0.29) is 0 Å². The first-order valence-electron chi connectivity index (χ1n) is 14.2. The number of hydrogen-bond donors (Lipinski definition) is 0. The molecule has 0 amide bonds. The molecule has 3 aliphatic carbocycles. The second kappa shape index (κ2) is 7.16. The van der Waals surface area contributed by atoms with Gasteiger partial charge in [0.1, 0.15) is 5.58 Å². The van der Waals surface area contributed by atoms with Gasteiger partial charge in [0.15, 0.2) is 11.3 Å². The minimum absolute atomic E-state index is 0.527. The van der Waals surface area contributed by atoms with Crippen LogP contribution in [0.4, 0.5) is 0 Å². The highest BCUT2D eigenvalue weighted by atomic mass is 16.5. The summed E-state index contributed by atoms with van der Waals surface area (Å²) in [7, 11) is 1.73. The molecule has 3 aliphatic rings. The molecule has 0 N–H and O–H groups in total. The van der Waals surface area contributed by atoms with Gasteiger partial charge in [0, 0.05) is 10.8 Å². The molecule has 2 heteroatoms. The molecule has 0 spiro atoms. The summed E-state index contributed by atoms with van der Waals surface area (Å²) in [5.74, 6) is 0.767. The number of benzene rings is 6. The van der Waals surface area contributed by atoms with E-state index in [2.05, 4.69) is 127 Å². The van der Waals surface area contributed by atoms with Crippen LogP contribution in [-0.2, 0) is 10.8 Å². The highest BCUT2D eigenvalue weighted by molar-refractivity contribution is 6.16. The summed E-state index contributed by atoms with van der Waals surface area (Å²) in [6, 6.07) is 47.3. The van der Waals surface area contributed by atoms with Gasteiger partial charge in [0.2, 0.25) is 0 Å². The minimum Gasteiger partial charge on any atom is -0.493 e. The SMILES string of the molecule is COc1ccc2c3c1oc1cccc(c13)C13c4ccccc4-c4ccccc4C21c1ccccc1-c1ccccc13. The Labute approximate surface area is 237 Å². The van der Waals surface area contributed by atoms with Gasteiger partial charge >= 0.3 is 0 Å². The number of ether oxygens (including phenoxy) is 1. The maximum absolute atomic E-state index is 6.71. The van der Waals surface area contributed by atoms with Gasteiger partial charge in [0.25, 0.3) is 0 Å². The van der Waals surface area contributed by atoms with Crippen LogP contribution in [0.5, 0.6) is 5.75 Å². The van der Waals surface area contributed by atoms with Gasteiger partial charge in [0.05, 0.1) is 17.9 Å². The number of hydrogen-bond acceptors (Lipinski definition) is 2. The van der Waals surface area contributed by atoms with Gasteiger partial charge in [-0.15, -0.1) is 0 Å². The van der Waals surface area contributed by atoms with Crippen molar-refractivity contribution in [3.8, 4) is 28.0 Å². The molecule has 0 fully saturated rings. The standard InChI is InChI=1S/C39H24O2/c1-40-34-22-21-32-36-35-31(19-10-20-33(35)41-37(34)36)38-27-15-6-2-11-23(27)25-13-4-8-17-29(25)39(32,38)30-18-9-5-14-26(30)24-12-3-7-16-28(24)38/h2-22H,1H3. The Morgan fingerprint density at radius 2 is 0.878 bits per heavy atom. The van der Waals surface area contributed by atoms with Crippen molar-refractivity contribution in [2.45, 2.75) is 10.8 Å². The van der Waals surface area contributed by atoms with Gasteiger partial charge in [-0.25, -0.2) is 0 Å². The van der Waals surface area contributed by atoms with Crippen molar-refractivity contribution in [2.75, 3.05) is 7.11 Å². The van der Waals surface area contributed by atoms with Crippen LogP contribution < -0.4 is 4.74 Å². The lowest BCUT2D eigenvalue weighted by Crippen LogP contribution is -2.57. The van der Waals surface area contributed by atoms with Crippen LogP contribution in [-0.4, -0.2) is 7.11 Å². The Bertz CT molecular complexity index is 2180. The van der Waals surface area contributed by atoms with E-state index in [1.165, 1.54) is 61.0 Å². The second-order valence-electron chi connectivity index (χ2n) is 11.5. The molecule has 6 aromatic carbocycles. The summed E-state index contributed by atoms with van der Waals surface area (Å²) in [5, 5.41) is 2.35. The van der Waals surface area contributed by atoms with Gasteiger partial charge in [-0.05, 0) is 67.8 Å². The fourth-order valence-electron chi connectivity index (χ4n) is 8.95. The van der Waals surface area contributed by atoms with Crippen molar-refractivity contribution in [3.05, 3.63) is 161 Å². The van der Waals surface area contributed by atoms with E-state index >= 15 is 0 Å². The highest BCUT2D eigenvalue weighted by Crippen LogP contribution is 2.73. The summed E-state index contributed by atoms with van der Waals surface area (Å²) in [5.41, 5.74) is 13.7. The molecular formula is C39H24O2. The Morgan fingerprint density at radius 3 is 1.37 bits per heavy atom. The second-order valence-corrected chi connectivity index (χ2v) is 11.5. The molecule has 0 bridgehead atoms. The van der Waals surface area contributed by atoms with Crippen LogP contribution in [0.25, 0.3) is 44.2 Å². The summed E-state index contributed by atoms with van der Waals surface area (Å²) in [6.07, 6.45) is 0. The molecule has 0 unspecified atom stereocenters. The van der Waals surface area contributed by atoms with E-state index in [9.17, 15) is 0 Å². The molecule has 0 saturated carbocycles. The largest absolute Gasteiger partial charge is 0.493 e. The van der Waals surface area contributed by atoms with E-state index in [4.69, 9.17) is 9.15 Å². The molecule has 0 aliphatic heterocycles. The predicted molar refractivity (Wildman–Crippen MR) is 164 cm³/mol. The highest BCUT2D eigenvalue weighted by Gasteiger charge is 2.66. The average molecular weight is 525 g/mol. The summed E-state index contributed by atoms with van der Waals surface area (Å²) < 4.78 is 12.6. The summed E-state index contributed by atoms with van der Waals surface area (Å²) >= 11 is 0. The predicted octanol–water partition coefficient (Wildman–Crippen LogP) is 9.24. The number of rotatable bonds is 1. The molecule has 1 heterocycles. The van der Waals surface area contributed by atoms with Crippen molar-refractivity contribution in [3.63, 3.8) is 0 Å². The van der Waals surface area contributed by atoms with Crippen LogP contribution in [0, 0.1) is 0 Å². The van der Waals surface area contributed by atoms with Crippen LogP contribution in [0.1, 0.15) is 33.4 Å². The molecule has 1 aromatic heterocycles. The number of furan rings is 1. The van der Waals surface area contributed by atoms with Crippen LogP contribution in [0.15, 0.2) is 132 Å². The number of methoxy groups -OCH3 is 1. The number of fused-ring (bicyclic) bond motifs is 6. The normalized spacial score (nSPS) is 20.5. The molecule has 41 heavy (non-hydrogen) atoms. The Hall–Kier alpha value is -5.08. The minimum atomic E-state index is -0.543. The Balaban J connectivity index is 1.61. The summed E-state index contributed by atoms with van der Waals surface area (Å²) in [4.78, 5) is 0. The first kappa shape index (κ1) is 21.7. The first-order chi connectivity index (χ1) is 20.3. The molecular weight excluding hydrogens is 500 g/mol. The molecule has 0 saturated heterocycles. The Kier molecular flexibility index (Phi) is 3.79. The molecule has 0 atom stereocenters. The maximum Gasteiger partial charge on any atom is 0.177 e. The molecule has 2 nitrogen and oxygen atoms in total. The van der Waals surface area contributed by atoms with E-state index in [0.29, 0.717) is 0 Å². The maximum atomic E-state index is 6.71. The van der Waals surface area contributed by atoms with Crippen LogP contribution in [0.2, 0.25) is 0 Å². The lowest BCUT2D eigenvalue weighted by Gasteiger charge is -2.61.